The fourth-order valence-corrected chi connectivity index (χ4v) is 4.40. The molecule has 0 spiro atoms. The van der Waals surface area contributed by atoms with Gasteiger partial charge in [0.05, 0.1) is 12.3 Å². The van der Waals surface area contributed by atoms with Gasteiger partial charge in [-0.05, 0) is 66.8 Å². The summed E-state index contributed by atoms with van der Waals surface area (Å²) in [6, 6.07) is 15.8. The molecule has 2 aliphatic rings. The number of hydrogen-bond donors (Lipinski definition) is 0. The van der Waals surface area contributed by atoms with Gasteiger partial charge in [0.25, 0.3) is 0 Å². The van der Waals surface area contributed by atoms with E-state index in [9.17, 15) is 0 Å². The van der Waals surface area contributed by atoms with Crippen molar-refractivity contribution in [1.29, 1.82) is 0 Å². The largest absolute Gasteiger partial charge is 0.491 e. The van der Waals surface area contributed by atoms with Gasteiger partial charge >= 0.3 is 0 Å². The first-order valence-corrected chi connectivity index (χ1v) is 10.1. The molecule has 0 radical (unpaired) electrons. The van der Waals surface area contributed by atoms with Crippen molar-refractivity contribution in [2.45, 2.75) is 38.8 Å². The maximum absolute atomic E-state index is 5.73. The number of benzene rings is 1. The Kier molecular flexibility index (Phi) is 4.57. The number of fused-ring (bicyclic) bond motifs is 1. The van der Waals surface area contributed by atoms with Crippen molar-refractivity contribution in [3.63, 3.8) is 0 Å². The Bertz CT molecular complexity index is 983. The first-order chi connectivity index (χ1) is 13.8. The molecule has 2 aliphatic heterocycles. The Hall–Kier alpha value is -2.72. The molecule has 4 heteroatoms. The predicted molar refractivity (Wildman–Crippen MR) is 110 cm³/mol. The normalized spacial score (nSPS) is 18.8. The third-order valence-corrected chi connectivity index (χ3v) is 5.87. The zero-order valence-electron chi connectivity index (χ0n) is 16.3. The molecule has 0 N–H and O–H groups in total. The minimum atomic E-state index is 0.435. The van der Waals surface area contributed by atoms with Crippen LogP contribution in [0.25, 0.3) is 11.1 Å². The van der Waals surface area contributed by atoms with Crippen LogP contribution < -0.4 is 4.74 Å². The summed E-state index contributed by atoms with van der Waals surface area (Å²) in [7, 11) is 0. The van der Waals surface area contributed by atoms with Gasteiger partial charge in [-0.15, -0.1) is 0 Å². The standard InChI is InChI=1S/C24H25N3O/c1-17-13-20(8-10-25-17)19-6-4-18(5-7-19)16-27-11-2-3-23(27)21-14-24-22(26-15-21)9-12-28-24/h4-8,10,13-15,23H,2-3,9,11-12,16H2,1H3. The summed E-state index contributed by atoms with van der Waals surface area (Å²) >= 11 is 0. The second kappa shape index (κ2) is 7.36. The second-order valence-electron chi connectivity index (χ2n) is 7.82. The van der Waals surface area contributed by atoms with Crippen molar-refractivity contribution >= 4 is 0 Å². The van der Waals surface area contributed by atoms with Gasteiger partial charge in [-0.1, -0.05) is 24.3 Å². The van der Waals surface area contributed by atoms with Crippen LogP contribution >= 0.6 is 0 Å². The van der Waals surface area contributed by atoms with Crippen molar-refractivity contribution in [3.05, 3.63) is 77.4 Å². The molecule has 0 saturated carbocycles. The summed E-state index contributed by atoms with van der Waals surface area (Å²) in [4.78, 5) is 11.5. The molecular formula is C24H25N3O. The van der Waals surface area contributed by atoms with Gasteiger partial charge in [0.1, 0.15) is 5.75 Å². The van der Waals surface area contributed by atoms with Crippen LogP contribution in [0, 0.1) is 6.92 Å². The number of aromatic nitrogens is 2. The molecule has 28 heavy (non-hydrogen) atoms. The Morgan fingerprint density at radius 1 is 1.07 bits per heavy atom. The monoisotopic (exact) mass is 371 g/mol. The first-order valence-electron chi connectivity index (χ1n) is 10.1. The van der Waals surface area contributed by atoms with Crippen molar-refractivity contribution in [2.24, 2.45) is 0 Å². The lowest BCUT2D eigenvalue weighted by atomic mass is 10.0. The summed E-state index contributed by atoms with van der Waals surface area (Å²) in [6.45, 7) is 4.90. The molecule has 4 nitrogen and oxygen atoms in total. The van der Waals surface area contributed by atoms with Crippen molar-refractivity contribution < 1.29 is 4.74 Å². The molecule has 0 aliphatic carbocycles. The van der Waals surface area contributed by atoms with Gasteiger partial charge in [0, 0.05) is 37.1 Å². The minimum Gasteiger partial charge on any atom is -0.491 e. The molecule has 0 bridgehead atoms. The van der Waals surface area contributed by atoms with E-state index in [1.165, 1.54) is 35.1 Å². The van der Waals surface area contributed by atoms with Crippen LogP contribution in [-0.2, 0) is 13.0 Å². The molecule has 5 rings (SSSR count). The fraction of sp³-hybridized carbons (Fsp3) is 0.333. The second-order valence-corrected chi connectivity index (χ2v) is 7.82. The molecule has 2 aromatic heterocycles. The average Bonchev–Trinajstić information content (AvgIpc) is 3.37. The maximum Gasteiger partial charge on any atom is 0.141 e. The molecule has 3 aromatic rings. The van der Waals surface area contributed by atoms with E-state index in [0.29, 0.717) is 6.04 Å². The number of pyridine rings is 2. The predicted octanol–water partition coefficient (Wildman–Crippen LogP) is 4.72. The van der Waals surface area contributed by atoms with Crippen LogP contribution in [0.5, 0.6) is 5.75 Å². The van der Waals surface area contributed by atoms with Crippen LogP contribution in [0.3, 0.4) is 0 Å². The number of nitrogens with zero attached hydrogens (tertiary/aromatic N) is 3. The lowest BCUT2D eigenvalue weighted by molar-refractivity contribution is 0.247. The van der Waals surface area contributed by atoms with Gasteiger partial charge in [-0.2, -0.15) is 0 Å². The van der Waals surface area contributed by atoms with E-state index in [1.807, 2.05) is 13.1 Å². The zero-order valence-corrected chi connectivity index (χ0v) is 16.3. The molecule has 1 aromatic carbocycles. The molecular weight excluding hydrogens is 346 g/mol. The lowest BCUT2D eigenvalue weighted by Crippen LogP contribution is -2.22. The Morgan fingerprint density at radius 3 is 2.82 bits per heavy atom. The van der Waals surface area contributed by atoms with Crippen LogP contribution in [0.2, 0.25) is 0 Å². The highest BCUT2D eigenvalue weighted by molar-refractivity contribution is 5.63. The number of hydrogen-bond acceptors (Lipinski definition) is 4. The average molecular weight is 371 g/mol. The molecule has 1 fully saturated rings. The molecule has 142 valence electrons. The van der Waals surface area contributed by atoms with E-state index in [2.05, 4.69) is 63.5 Å². The topological polar surface area (TPSA) is 38.2 Å². The summed E-state index contributed by atoms with van der Waals surface area (Å²) in [5, 5.41) is 0. The zero-order chi connectivity index (χ0) is 18.9. The number of aryl methyl sites for hydroxylation is 1. The maximum atomic E-state index is 5.73. The number of likely N-dealkylation sites (tertiary alicyclic amines) is 1. The summed E-state index contributed by atoms with van der Waals surface area (Å²) in [5.74, 6) is 0.987. The van der Waals surface area contributed by atoms with Gasteiger partial charge in [-0.3, -0.25) is 14.9 Å². The van der Waals surface area contributed by atoms with Crippen molar-refractivity contribution in [2.75, 3.05) is 13.2 Å². The van der Waals surface area contributed by atoms with E-state index in [1.54, 1.807) is 0 Å². The molecule has 0 amide bonds. The molecule has 4 heterocycles. The molecule has 1 saturated heterocycles. The smallest absolute Gasteiger partial charge is 0.141 e. The highest BCUT2D eigenvalue weighted by Gasteiger charge is 2.27. The van der Waals surface area contributed by atoms with E-state index < -0.39 is 0 Å². The van der Waals surface area contributed by atoms with Gasteiger partial charge < -0.3 is 4.74 Å². The number of rotatable bonds is 4. The summed E-state index contributed by atoms with van der Waals surface area (Å²) in [5.41, 5.74) is 7.27. The van der Waals surface area contributed by atoms with Crippen molar-refractivity contribution in [3.8, 4) is 16.9 Å². The highest BCUT2D eigenvalue weighted by atomic mass is 16.5. The summed E-state index contributed by atoms with van der Waals surface area (Å²) in [6.07, 6.45) is 7.30. The van der Waals surface area contributed by atoms with Crippen LogP contribution in [0.4, 0.5) is 0 Å². The van der Waals surface area contributed by atoms with Gasteiger partial charge in [0.15, 0.2) is 0 Å². The van der Waals surface area contributed by atoms with Crippen LogP contribution in [0.1, 0.15) is 41.4 Å². The third-order valence-electron chi connectivity index (χ3n) is 5.87. The Balaban J connectivity index is 1.32. The molecule has 1 atom stereocenters. The number of ether oxygens (including phenoxy) is 1. The first kappa shape index (κ1) is 17.4. The quantitative estimate of drug-likeness (QED) is 0.665. The Labute approximate surface area is 166 Å². The minimum absolute atomic E-state index is 0.435. The summed E-state index contributed by atoms with van der Waals surface area (Å²) < 4.78 is 5.73. The van der Waals surface area contributed by atoms with E-state index in [4.69, 9.17) is 4.74 Å². The van der Waals surface area contributed by atoms with Gasteiger partial charge in [0.2, 0.25) is 0 Å². The Morgan fingerprint density at radius 2 is 1.96 bits per heavy atom. The fourth-order valence-electron chi connectivity index (χ4n) is 4.40. The van der Waals surface area contributed by atoms with E-state index >= 15 is 0 Å². The third kappa shape index (κ3) is 3.40. The van der Waals surface area contributed by atoms with Crippen LogP contribution in [-0.4, -0.2) is 28.0 Å². The van der Waals surface area contributed by atoms with E-state index in [-0.39, 0.29) is 0 Å². The molecule has 1 unspecified atom stereocenters. The van der Waals surface area contributed by atoms with Crippen molar-refractivity contribution in [1.82, 2.24) is 14.9 Å². The van der Waals surface area contributed by atoms with Crippen LogP contribution in [0.15, 0.2) is 54.9 Å². The SMILES string of the molecule is Cc1cc(-c2ccc(CN3CCCC3c3cnc4c(c3)OCC4)cc2)ccn1. The van der Waals surface area contributed by atoms with Gasteiger partial charge in [-0.25, -0.2) is 0 Å². The van der Waals surface area contributed by atoms with E-state index in [0.717, 1.165) is 43.3 Å². The lowest BCUT2D eigenvalue weighted by Gasteiger charge is -2.25. The highest BCUT2D eigenvalue weighted by Crippen LogP contribution is 2.36.